The highest BCUT2D eigenvalue weighted by atomic mass is 32.2. The first kappa shape index (κ1) is 19.0. The van der Waals surface area contributed by atoms with Gasteiger partial charge in [0.1, 0.15) is 10.6 Å². The van der Waals surface area contributed by atoms with Crippen LogP contribution in [0.5, 0.6) is 0 Å². The lowest BCUT2D eigenvalue weighted by Crippen LogP contribution is -2.40. The zero-order valence-electron chi connectivity index (χ0n) is 14.8. The second kappa shape index (κ2) is 7.44. The van der Waals surface area contributed by atoms with E-state index in [-0.39, 0.29) is 10.8 Å². The maximum atomic E-state index is 13.3. The van der Waals surface area contributed by atoms with Crippen LogP contribution in [0, 0.1) is 31.4 Å². The average molecular weight is 384 g/mol. The summed E-state index contributed by atoms with van der Waals surface area (Å²) in [6.07, 6.45) is 2.99. The Hall–Kier alpha value is -1.80. The number of halogens is 2. The Morgan fingerprint density at radius 2 is 2.04 bits per heavy atom. The molecule has 3 rings (SSSR count). The molecule has 1 aliphatic heterocycles. The second-order valence-electron chi connectivity index (χ2n) is 6.81. The largest absolute Gasteiger partial charge is 0.360 e. The number of piperidine rings is 1. The van der Waals surface area contributed by atoms with Gasteiger partial charge in [0, 0.05) is 13.1 Å². The van der Waals surface area contributed by atoms with Crippen LogP contribution in [0.3, 0.4) is 0 Å². The highest BCUT2D eigenvalue weighted by Crippen LogP contribution is 2.29. The number of benzene rings is 1. The van der Waals surface area contributed by atoms with Gasteiger partial charge in [-0.3, -0.25) is 0 Å². The Bertz CT molecular complexity index is 876. The summed E-state index contributed by atoms with van der Waals surface area (Å²) in [5.74, 6) is -1.24. The fourth-order valence-corrected chi connectivity index (χ4v) is 5.36. The molecule has 0 N–H and O–H groups in total. The molecule has 26 heavy (non-hydrogen) atoms. The van der Waals surface area contributed by atoms with Crippen molar-refractivity contribution < 1.29 is 21.7 Å². The highest BCUT2D eigenvalue weighted by molar-refractivity contribution is 7.89. The van der Waals surface area contributed by atoms with Gasteiger partial charge in [-0.2, -0.15) is 4.31 Å². The number of aromatic nitrogens is 1. The SMILES string of the molecule is Cc1noc(C)c1S(=O)(=O)N1CCC[C@H](CCc2ccc(F)c(F)c2)C1. The van der Waals surface area contributed by atoms with Crippen LogP contribution in [-0.2, 0) is 16.4 Å². The molecule has 2 heterocycles. The van der Waals surface area contributed by atoms with Gasteiger partial charge in [-0.1, -0.05) is 11.2 Å². The molecule has 0 amide bonds. The molecule has 1 saturated heterocycles. The summed E-state index contributed by atoms with van der Waals surface area (Å²) >= 11 is 0. The molecule has 0 spiro atoms. The molecule has 5 nitrogen and oxygen atoms in total. The van der Waals surface area contributed by atoms with Gasteiger partial charge in [0.05, 0.1) is 0 Å². The van der Waals surface area contributed by atoms with Crippen LogP contribution < -0.4 is 0 Å². The topological polar surface area (TPSA) is 63.4 Å². The number of sulfonamides is 1. The predicted molar refractivity (Wildman–Crippen MR) is 92.1 cm³/mol. The van der Waals surface area contributed by atoms with E-state index in [1.54, 1.807) is 19.9 Å². The van der Waals surface area contributed by atoms with Crippen LogP contribution in [0.4, 0.5) is 8.78 Å². The minimum Gasteiger partial charge on any atom is -0.360 e. The standard InChI is InChI=1S/C18H22F2N2O3S/c1-12-18(13(2)25-21-12)26(23,24)22-9-3-4-15(11-22)6-5-14-7-8-16(19)17(20)10-14/h7-8,10,15H,3-6,9,11H2,1-2H3/t15-/m1/s1. The first-order chi connectivity index (χ1) is 12.3. The lowest BCUT2D eigenvalue weighted by atomic mass is 9.93. The van der Waals surface area contributed by atoms with E-state index >= 15 is 0 Å². The van der Waals surface area contributed by atoms with Crippen LogP contribution in [0.15, 0.2) is 27.6 Å². The van der Waals surface area contributed by atoms with Gasteiger partial charge in [0.25, 0.3) is 0 Å². The molecule has 1 aliphatic rings. The Balaban J connectivity index is 1.68. The summed E-state index contributed by atoms with van der Waals surface area (Å²) in [6.45, 7) is 4.09. The van der Waals surface area contributed by atoms with Gasteiger partial charge in [-0.25, -0.2) is 17.2 Å². The van der Waals surface area contributed by atoms with Crippen molar-refractivity contribution in [1.82, 2.24) is 9.46 Å². The van der Waals surface area contributed by atoms with E-state index in [2.05, 4.69) is 5.16 Å². The van der Waals surface area contributed by atoms with Crippen molar-refractivity contribution in [2.24, 2.45) is 5.92 Å². The number of aryl methyl sites for hydroxylation is 3. The Morgan fingerprint density at radius 1 is 1.27 bits per heavy atom. The van der Waals surface area contributed by atoms with Crippen molar-refractivity contribution in [3.8, 4) is 0 Å². The van der Waals surface area contributed by atoms with Gasteiger partial charge in [0.15, 0.2) is 17.4 Å². The summed E-state index contributed by atoms with van der Waals surface area (Å²) in [4.78, 5) is 0.152. The van der Waals surface area contributed by atoms with Crippen molar-refractivity contribution in [1.29, 1.82) is 0 Å². The minimum atomic E-state index is -3.64. The van der Waals surface area contributed by atoms with E-state index in [9.17, 15) is 17.2 Å². The van der Waals surface area contributed by atoms with Gasteiger partial charge in [-0.15, -0.1) is 0 Å². The van der Waals surface area contributed by atoms with Crippen molar-refractivity contribution in [2.75, 3.05) is 13.1 Å². The first-order valence-corrected chi connectivity index (χ1v) is 10.1. The van der Waals surface area contributed by atoms with Crippen molar-refractivity contribution in [3.63, 3.8) is 0 Å². The Kier molecular flexibility index (Phi) is 5.43. The molecule has 0 unspecified atom stereocenters. The molecule has 0 bridgehead atoms. The number of hydrogen-bond donors (Lipinski definition) is 0. The van der Waals surface area contributed by atoms with Gasteiger partial charge in [0.2, 0.25) is 10.0 Å². The average Bonchev–Trinajstić information content (AvgIpc) is 2.95. The molecule has 1 fully saturated rings. The molecule has 1 atom stereocenters. The minimum absolute atomic E-state index is 0.152. The molecule has 1 aromatic carbocycles. The van der Waals surface area contributed by atoms with Gasteiger partial charge < -0.3 is 4.52 Å². The fraction of sp³-hybridized carbons (Fsp3) is 0.500. The lowest BCUT2D eigenvalue weighted by Gasteiger charge is -2.31. The van der Waals surface area contributed by atoms with Crippen molar-refractivity contribution in [2.45, 2.75) is 44.4 Å². The van der Waals surface area contributed by atoms with E-state index < -0.39 is 21.7 Å². The smallest absolute Gasteiger partial charge is 0.248 e. The summed E-state index contributed by atoms with van der Waals surface area (Å²) in [7, 11) is -3.64. The summed E-state index contributed by atoms with van der Waals surface area (Å²) in [5, 5.41) is 3.74. The number of nitrogens with zero attached hydrogens (tertiary/aromatic N) is 2. The predicted octanol–water partition coefficient (Wildman–Crippen LogP) is 3.60. The first-order valence-electron chi connectivity index (χ1n) is 8.66. The van der Waals surface area contributed by atoms with E-state index in [1.807, 2.05) is 0 Å². The zero-order chi connectivity index (χ0) is 18.9. The van der Waals surface area contributed by atoms with E-state index in [1.165, 1.54) is 10.4 Å². The van der Waals surface area contributed by atoms with Crippen LogP contribution in [0.25, 0.3) is 0 Å². The van der Waals surface area contributed by atoms with Crippen LogP contribution in [0.1, 0.15) is 36.3 Å². The normalized spacial score (nSPS) is 19.0. The molecule has 1 aromatic heterocycles. The maximum Gasteiger partial charge on any atom is 0.248 e. The monoisotopic (exact) mass is 384 g/mol. The highest BCUT2D eigenvalue weighted by Gasteiger charge is 2.34. The molecule has 142 valence electrons. The number of hydrogen-bond acceptors (Lipinski definition) is 4. The molecule has 8 heteroatoms. The van der Waals surface area contributed by atoms with Crippen LogP contribution in [-0.4, -0.2) is 31.0 Å². The third-order valence-corrected chi connectivity index (χ3v) is 6.98. The summed E-state index contributed by atoms with van der Waals surface area (Å²) in [6, 6.07) is 3.90. The Morgan fingerprint density at radius 3 is 2.69 bits per heavy atom. The van der Waals surface area contributed by atoms with Gasteiger partial charge in [-0.05, 0) is 63.1 Å². The molecular weight excluding hydrogens is 362 g/mol. The van der Waals surface area contributed by atoms with Crippen molar-refractivity contribution in [3.05, 3.63) is 46.9 Å². The quantitative estimate of drug-likeness (QED) is 0.790. The third-order valence-electron chi connectivity index (χ3n) is 4.87. The van der Waals surface area contributed by atoms with Gasteiger partial charge >= 0.3 is 0 Å². The summed E-state index contributed by atoms with van der Waals surface area (Å²) < 4.78 is 58.7. The molecule has 0 aliphatic carbocycles. The molecule has 0 radical (unpaired) electrons. The molecular formula is C18H22F2N2O3S. The fourth-order valence-electron chi connectivity index (χ4n) is 3.52. The lowest BCUT2D eigenvalue weighted by molar-refractivity contribution is 0.255. The van der Waals surface area contributed by atoms with E-state index in [0.717, 1.165) is 30.9 Å². The van der Waals surface area contributed by atoms with Crippen molar-refractivity contribution >= 4 is 10.0 Å². The molecule has 2 aromatic rings. The number of rotatable bonds is 5. The van der Waals surface area contributed by atoms with Crippen LogP contribution in [0.2, 0.25) is 0 Å². The second-order valence-corrected chi connectivity index (χ2v) is 8.69. The van der Waals surface area contributed by atoms with Crippen LogP contribution >= 0.6 is 0 Å². The van der Waals surface area contributed by atoms with E-state index in [0.29, 0.717) is 31.0 Å². The van der Waals surface area contributed by atoms with E-state index in [4.69, 9.17) is 4.52 Å². The zero-order valence-corrected chi connectivity index (χ0v) is 15.7. The molecule has 0 saturated carbocycles. The third kappa shape index (κ3) is 3.81. The maximum absolute atomic E-state index is 13.3. The summed E-state index contributed by atoms with van der Waals surface area (Å²) in [5.41, 5.74) is 1.08. The Labute approximate surface area is 152 Å².